The van der Waals surface area contributed by atoms with Crippen molar-refractivity contribution in [3.05, 3.63) is 0 Å². The summed E-state index contributed by atoms with van der Waals surface area (Å²) in [6, 6.07) is 0. The molecule has 1 unspecified atom stereocenters. The molecule has 116 valence electrons. The number of ether oxygens (including phenoxy) is 1. The van der Waals surface area contributed by atoms with Gasteiger partial charge in [0.25, 0.3) is 0 Å². The smallest absolute Gasteiger partial charge is 0.223 e. The van der Waals surface area contributed by atoms with Gasteiger partial charge in [-0.25, -0.2) is 0 Å². The van der Waals surface area contributed by atoms with Crippen LogP contribution in [0, 0.1) is 5.92 Å². The van der Waals surface area contributed by atoms with Crippen LogP contribution in [0.25, 0.3) is 0 Å². The van der Waals surface area contributed by atoms with Gasteiger partial charge in [0.1, 0.15) is 0 Å². The first-order valence-corrected chi connectivity index (χ1v) is 7.68. The molecule has 0 aromatic rings. The van der Waals surface area contributed by atoms with Crippen molar-refractivity contribution in [1.82, 2.24) is 9.80 Å². The van der Waals surface area contributed by atoms with Crippen LogP contribution >= 0.6 is 12.2 Å². The van der Waals surface area contributed by atoms with Crippen LogP contribution in [-0.4, -0.2) is 67.6 Å². The van der Waals surface area contributed by atoms with Crippen LogP contribution < -0.4 is 5.73 Å². The zero-order valence-electron chi connectivity index (χ0n) is 12.6. The number of amides is 1. The Morgan fingerprint density at radius 3 is 2.70 bits per heavy atom. The Balaban J connectivity index is 2.16. The Morgan fingerprint density at radius 1 is 1.35 bits per heavy atom. The van der Waals surface area contributed by atoms with Crippen LogP contribution in [0.3, 0.4) is 0 Å². The summed E-state index contributed by atoms with van der Waals surface area (Å²) in [5.41, 5.74) is 5.44. The zero-order chi connectivity index (χ0) is 15.0. The minimum atomic E-state index is 0.146. The summed E-state index contributed by atoms with van der Waals surface area (Å²) in [7, 11) is 3.87. The summed E-state index contributed by atoms with van der Waals surface area (Å²) >= 11 is 4.82. The third-order valence-electron chi connectivity index (χ3n) is 3.65. The van der Waals surface area contributed by atoms with E-state index in [0.717, 1.165) is 32.7 Å². The summed E-state index contributed by atoms with van der Waals surface area (Å²) in [6.07, 6.45) is 3.51. The van der Waals surface area contributed by atoms with Crippen molar-refractivity contribution in [1.29, 1.82) is 0 Å². The fourth-order valence-electron chi connectivity index (χ4n) is 2.36. The summed E-state index contributed by atoms with van der Waals surface area (Å²) in [5, 5.41) is 0. The summed E-state index contributed by atoms with van der Waals surface area (Å²) < 4.78 is 5.48. The Hall–Kier alpha value is -0.720. The lowest BCUT2D eigenvalue weighted by Crippen LogP contribution is -2.35. The van der Waals surface area contributed by atoms with Crippen LogP contribution in [0.15, 0.2) is 0 Å². The number of thiocarbonyl (C=S) groups is 1. The van der Waals surface area contributed by atoms with Crippen molar-refractivity contribution in [2.45, 2.75) is 25.7 Å². The second kappa shape index (κ2) is 9.26. The molecule has 1 fully saturated rings. The van der Waals surface area contributed by atoms with Gasteiger partial charge in [-0.1, -0.05) is 12.2 Å². The SMILES string of the molecule is CN(CCC(=O)N(C)CCC(N)=S)CC1CCCOC1. The standard InChI is InChI=1S/C14H27N3O2S/c1-16(10-12-4-3-9-19-11-12)7-6-14(18)17(2)8-5-13(15)20/h12H,3-11H2,1-2H3,(H2,15,20). The Kier molecular flexibility index (Phi) is 8.02. The molecule has 0 radical (unpaired) electrons. The van der Waals surface area contributed by atoms with E-state index < -0.39 is 0 Å². The van der Waals surface area contributed by atoms with Gasteiger partial charge in [0.05, 0.1) is 11.6 Å². The minimum Gasteiger partial charge on any atom is -0.393 e. The summed E-state index contributed by atoms with van der Waals surface area (Å²) in [4.78, 5) is 16.3. The third kappa shape index (κ3) is 7.17. The van der Waals surface area contributed by atoms with Gasteiger partial charge in [0, 0.05) is 46.1 Å². The van der Waals surface area contributed by atoms with Crippen LogP contribution in [0.5, 0.6) is 0 Å². The summed E-state index contributed by atoms with van der Waals surface area (Å²) in [6.45, 7) is 4.14. The van der Waals surface area contributed by atoms with Gasteiger partial charge in [-0.3, -0.25) is 4.79 Å². The molecule has 20 heavy (non-hydrogen) atoms. The van der Waals surface area contributed by atoms with Crippen molar-refractivity contribution in [2.75, 3.05) is 46.9 Å². The van der Waals surface area contributed by atoms with E-state index in [1.807, 2.05) is 0 Å². The number of carbonyl (C=O) groups excluding carboxylic acids is 1. The molecule has 6 heteroatoms. The van der Waals surface area contributed by atoms with Gasteiger partial charge in [-0.2, -0.15) is 0 Å². The first kappa shape index (κ1) is 17.3. The normalized spacial score (nSPS) is 19.1. The first-order chi connectivity index (χ1) is 9.49. The van der Waals surface area contributed by atoms with E-state index in [0.29, 0.717) is 30.3 Å². The van der Waals surface area contributed by atoms with Gasteiger partial charge >= 0.3 is 0 Å². The molecule has 1 saturated heterocycles. The lowest BCUT2D eigenvalue weighted by molar-refractivity contribution is -0.130. The number of carbonyl (C=O) groups is 1. The van der Waals surface area contributed by atoms with E-state index in [2.05, 4.69) is 11.9 Å². The van der Waals surface area contributed by atoms with Crippen LogP contribution in [0.4, 0.5) is 0 Å². The van der Waals surface area contributed by atoms with Crippen molar-refractivity contribution >= 4 is 23.1 Å². The second-order valence-corrected chi connectivity index (χ2v) is 6.15. The predicted octanol–water partition coefficient (Wildman–Crippen LogP) is 0.870. The average Bonchev–Trinajstić information content (AvgIpc) is 2.43. The molecule has 0 spiro atoms. The molecule has 1 rings (SSSR count). The molecule has 1 aliphatic heterocycles. The van der Waals surface area contributed by atoms with Gasteiger partial charge in [-0.05, 0) is 25.8 Å². The topological polar surface area (TPSA) is 58.8 Å². The van der Waals surface area contributed by atoms with E-state index in [1.54, 1.807) is 11.9 Å². The predicted molar refractivity (Wildman–Crippen MR) is 84.7 cm³/mol. The molecular formula is C14H27N3O2S. The largest absolute Gasteiger partial charge is 0.393 e. The van der Waals surface area contributed by atoms with Gasteiger partial charge in [0.15, 0.2) is 0 Å². The van der Waals surface area contributed by atoms with Crippen LogP contribution in [0.2, 0.25) is 0 Å². The molecule has 0 aliphatic carbocycles. The molecule has 1 aliphatic rings. The number of nitrogens with two attached hydrogens (primary N) is 1. The molecule has 2 N–H and O–H groups in total. The maximum atomic E-state index is 11.9. The van der Waals surface area contributed by atoms with E-state index in [9.17, 15) is 4.79 Å². The molecule has 0 aromatic carbocycles. The number of nitrogens with zero attached hydrogens (tertiary/aromatic N) is 2. The monoisotopic (exact) mass is 301 g/mol. The quantitative estimate of drug-likeness (QED) is 0.674. The second-order valence-electron chi connectivity index (χ2n) is 5.63. The van der Waals surface area contributed by atoms with E-state index in [1.165, 1.54) is 6.42 Å². The van der Waals surface area contributed by atoms with Crippen LogP contribution in [-0.2, 0) is 9.53 Å². The Labute approximate surface area is 127 Å². The highest BCUT2D eigenvalue weighted by Crippen LogP contribution is 2.14. The molecule has 1 atom stereocenters. The first-order valence-electron chi connectivity index (χ1n) is 7.27. The molecule has 0 saturated carbocycles. The lowest BCUT2D eigenvalue weighted by atomic mass is 10.0. The van der Waals surface area contributed by atoms with Crippen molar-refractivity contribution in [3.63, 3.8) is 0 Å². The molecule has 0 aromatic heterocycles. The van der Waals surface area contributed by atoms with E-state index in [4.69, 9.17) is 22.7 Å². The fourth-order valence-corrected chi connectivity index (χ4v) is 2.45. The average molecular weight is 301 g/mol. The van der Waals surface area contributed by atoms with E-state index >= 15 is 0 Å². The van der Waals surface area contributed by atoms with Gasteiger partial charge < -0.3 is 20.3 Å². The fraction of sp³-hybridized carbons (Fsp3) is 0.857. The summed E-state index contributed by atoms with van der Waals surface area (Å²) in [5.74, 6) is 0.754. The van der Waals surface area contributed by atoms with Gasteiger partial charge in [-0.15, -0.1) is 0 Å². The number of rotatable bonds is 8. The van der Waals surface area contributed by atoms with Gasteiger partial charge in [0.2, 0.25) is 5.91 Å². The maximum absolute atomic E-state index is 11.9. The molecule has 5 nitrogen and oxygen atoms in total. The van der Waals surface area contributed by atoms with Crippen molar-refractivity contribution in [3.8, 4) is 0 Å². The maximum Gasteiger partial charge on any atom is 0.223 e. The highest BCUT2D eigenvalue weighted by molar-refractivity contribution is 7.80. The third-order valence-corrected chi connectivity index (χ3v) is 3.86. The van der Waals surface area contributed by atoms with Crippen molar-refractivity contribution in [2.24, 2.45) is 11.7 Å². The molecule has 1 amide bonds. The zero-order valence-corrected chi connectivity index (χ0v) is 13.5. The number of hydrogen-bond donors (Lipinski definition) is 1. The Morgan fingerprint density at radius 2 is 2.10 bits per heavy atom. The lowest BCUT2D eigenvalue weighted by Gasteiger charge is -2.27. The van der Waals surface area contributed by atoms with E-state index in [-0.39, 0.29) is 5.91 Å². The highest BCUT2D eigenvalue weighted by atomic mass is 32.1. The minimum absolute atomic E-state index is 0.146. The number of hydrogen-bond acceptors (Lipinski definition) is 4. The highest BCUT2D eigenvalue weighted by Gasteiger charge is 2.17. The molecule has 1 heterocycles. The molecular weight excluding hydrogens is 274 g/mol. The Bertz CT molecular complexity index is 320. The van der Waals surface area contributed by atoms with Crippen LogP contribution in [0.1, 0.15) is 25.7 Å². The molecule has 0 bridgehead atoms. The van der Waals surface area contributed by atoms with Crippen molar-refractivity contribution < 1.29 is 9.53 Å².